The fraction of sp³-hybridized carbons (Fsp3) is 0.750. The van der Waals surface area contributed by atoms with E-state index in [1.54, 1.807) is 0 Å². The third kappa shape index (κ3) is 5.64. The Hall–Kier alpha value is -0.380. The third-order valence-corrected chi connectivity index (χ3v) is 4.80. The largest absolute Gasteiger partial charge is 0.310 e. The molecule has 0 spiro atoms. The number of likely N-dealkylation sites (tertiary alicyclic amines) is 1. The first-order valence-electron chi connectivity index (χ1n) is 7.77. The second kappa shape index (κ2) is 8.03. The van der Waals surface area contributed by atoms with Crippen molar-refractivity contribution in [3.63, 3.8) is 0 Å². The van der Waals surface area contributed by atoms with E-state index in [0.717, 1.165) is 13.1 Å². The summed E-state index contributed by atoms with van der Waals surface area (Å²) in [5, 5.41) is 3.49. The number of thiophene rings is 1. The minimum Gasteiger partial charge on any atom is -0.310 e. The van der Waals surface area contributed by atoms with Crippen LogP contribution in [0.3, 0.4) is 0 Å². The molecule has 0 amide bonds. The summed E-state index contributed by atoms with van der Waals surface area (Å²) >= 11 is 1.98. The van der Waals surface area contributed by atoms with Crippen LogP contribution in [0.15, 0.2) is 12.1 Å². The van der Waals surface area contributed by atoms with Gasteiger partial charge in [-0.15, -0.1) is 11.3 Å². The Morgan fingerprint density at radius 3 is 2.37 bits per heavy atom. The van der Waals surface area contributed by atoms with Gasteiger partial charge in [0.05, 0.1) is 0 Å². The van der Waals surface area contributed by atoms with Crippen molar-refractivity contribution in [3.8, 4) is 0 Å². The van der Waals surface area contributed by atoms with Crippen molar-refractivity contribution in [1.82, 2.24) is 10.2 Å². The van der Waals surface area contributed by atoms with Gasteiger partial charge in [-0.2, -0.15) is 0 Å². The van der Waals surface area contributed by atoms with E-state index in [0.29, 0.717) is 6.04 Å². The number of nitrogens with zero attached hydrogens (tertiary/aromatic N) is 1. The average molecular weight is 280 g/mol. The van der Waals surface area contributed by atoms with Gasteiger partial charge in [-0.05, 0) is 38.1 Å². The Morgan fingerprint density at radius 2 is 1.68 bits per heavy atom. The van der Waals surface area contributed by atoms with Crippen molar-refractivity contribution < 1.29 is 0 Å². The van der Waals surface area contributed by atoms with Crippen LogP contribution >= 0.6 is 11.3 Å². The number of rotatable bonds is 5. The molecule has 0 bridgehead atoms. The third-order valence-electron chi connectivity index (χ3n) is 3.73. The number of hydrogen-bond acceptors (Lipinski definition) is 3. The van der Waals surface area contributed by atoms with E-state index in [4.69, 9.17) is 0 Å². The van der Waals surface area contributed by atoms with Gasteiger partial charge in [0.2, 0.25) is 0 Å². The van der Waals surface area contributed by atoms with Gasteiger partial charge in [0.15, 0.2) is 0 Å². The van der Waals surface area contributed by atoms with Crippen molar-refractivity contribution in [2.45, 2.75) is 65.1 Å². The molecule has 1 aromatic rings. The monoisotopic (exact) mass is 280 g/mol. The van der Waals surface area contributed by atoms with Crippen molar-refractivity contribution in [2.75, 3.05) is 13.1 Å². The summed E-state index contributed by atoms with van der Waals surface area (Å²) in [6, 6.07) is 5.18. The van der Waals surface area contributed by atoms with Gasteiger partial charge in [-0.25, -0.2) is 0 Å². The Morgan fingerprint density at radius 1 is 1.05 bits per heavy atom. The lowest BCUT2D eigenvalue weighted by molar-refractivity contribution is 0.241. The first-order valence-corrected chi connectivity index (χ1v) is 8.59. The molecule has 3 heteroatoms. The highest BCUT2D eigenvalue weighted by Crippen LogP contribution is 2.20. The van der Waals surface area contributed by atoms with Gasteiger partial charge in [-0.3, -0.25) is 4.90 Å². The zero-order valence-electron chi connectivity index (χ0n) is 12.5. The maximum atomic E-state index is 3.49. The van der Waals surface area contributed by atoms with Crippen LogP contribution in [0.1, 0.15) is 55.7 Å². The zero-order chi connectivity index (χ0) is 13.5. The van der Waals surface area contributed by atoms with Crippen molar-refractivity contribution in [2.24, 2.45) is 0 Å². The fourth-order valence-electron chi connectivity index (χ4n) is 2.60. The minimum absolute atomic E-state index is 0.569. The van der Waals surface area contributed by atoms with Gasteiger partial charge < -0.3 is 5.32 Å². The molecule has 1 aliphatic rings. The van der Waals surface area contributed by atoms with E-state index < -0.39 is 0 Å². The number of hydrogen-bond donors (Lipinski definition) is 1. The maximum absolute atomic E-state index is 3.49. The lowest BCUT2D eigenvalue weighted by atomic mass is 10.1. The van der Waals surface area contributed by atoms with Crippen LogP contribution in [0.5, 0.6) is 0 Å². The highest BCUT2D eigenvalue weighted by atomic mass is 32.1. The standard InChI is InChI=1S/C16H28N2S/c1-14(2)17-12-15-8-9-16(19-15)13-18-10-6-4-3-5-7-11-18/h8-9,14,17H,3-7,10-13H2,1-2H3. The van der Waals surface area contributed by atoms with Crippen molar-refractivity contribution in [1.29, 1.82) is 0 Å². The second-order valence-electron chi connectivity index (χ2n) is 5.95. The van der Waals surface area contributed by atoms with Gasteiger partial charge in [-0.1, -0.05) is 33.1 Å². The summed E-state index contributed by atoms with van der Waals surface area (Å²) in [6.45, 7) is 9.16. The molecule has 19 heavy (non-hydrogen) atoms. The molecule has 2 heterocycles. The fourth-order valence-corrected chi connectivity index (χ4v) is 3.61. The molecule has 0 saturated carbocycles. The molecule has 1 fully saturated rings. The normalized spacial score (nSPS) is 18.5. The summed E-state index contributed by atoms with van der Waals surface area (Å²) < 4.78 is 0. The van der Waals surface area contributed by atoms with Crippen LogP contribution in [0.25, 0.3) is 0 Å². The molecule has 0 aromatic carbocycles. The molecular formula is C16H28N2S. The average Bonchev–Trinajstić information content (AvgIpc) is 2.77. The van der Waals surface area contributed by atoms with E-state index in [1.165, 1.54) is 54.9 Å². The van der Waals surface area contributed by atoms with E-state index in [9.17, 15) is 0 Å². The Bertz CT molecular complexity index is 351. The molecule has 0 unspecified atom stereocenters. The lowest BCUT2D eigenvalue weighted by Gasteiger charge is -2.23. The van der Waals surface area contributed by atoms with Crippen LogP contribution in [0, 0.1) is 0 Å². The second-order valence-corrected chi connectivity index (χ2v) is 7.20. The topological polar surface area (TPSA) is 15.3 Å². The molecule has 1 aliphatic heterocycles. The van der Waals surface area contributed by atoms with Crippen LogP contribution in [0.4, 0.5) is 0 Å². The van der Waals surface area contributed by atoms with E-state index in [-0.39, 0.29) is 0 Å². The predicted molar refractivity (Wildman–Crippen MR) is 84.7 cm³/mol. The van der Waals surface area contributed by atoms with Crippen molar-refractivity contribution in [3.05, 3.63) is 21.9 Å². The minimum atomic E-state index is 0.569. The quantitative estimate of drug-likeness (QED) is 0.876. The molecule has 1 saturated heterocycles. The molecular weight excluding hydrogens is 252 g/mol. The molecule has 0 atom stereocenters. The number of nitrogens with one attached hydrogen (secondary N) is 1. The van der Waals surface area contributed by atoms with Crippen LogP contribution in [-0.2, 0) is 13.1 Å². The molecule has 1 aromatic heterocycles. The summed E-state index contributed by atoms with van der Waals surface area (Å²) in [7, 11) is 0. The molecule has 2 nitrogen and oxygen atoms in total. The van der Waals surface area contributed by atoms with Crippen LogP contribution in [-0.4, -0.2) is 24.0 Å². The van der Waals surface area contributed by atoms with E-state index >= 15 is 0 Å². The zero-order valence-corrected chi connectivity index (χ0v) is 13.3. The van der Waals surface area contributed by atoms with E-state index in [2.05, 4.69) is 36.2 Å². The molecule has 108 valence electrons. The summed E-state index contributed by atoms with van der Waals surface area (Å²) in [4.78, 5) is 5.64. The summed E-state index contributed by atoms with van der Waals surface area (Å²) in [6.07, 6.45) is 7.05. The smallest absolute Gasteiger partial charge is 0.0328 e. The highest BCUT2D eigenvalue weighted by molar-refractivity contribution is 7.11. The lowest BCUT2D eigenvalue weighted by Crippen LogP contribution is -2.26. The predicted octanol–water partition coefficient (Wildman–Crippen LogP) is 4.01. The van der Waals surface area contributed by atoms with Gasteiger partial charge in [0.1, 0.15) is 0 Å². The molecule has 1 N–H and O–H groups in total. The Kier molecular flexibility index (Phi) is 6.35. The summed E-state index contributed by atoms with van der Waals surface area (Å²) in [5.74, 6) is 0. The Labute approximate surface area is 122 Å². The van der Waals surface area contributed by atoms with Crippen LogP contribution in [0.2, 0.25) is 0 Å². The van der Waals surface area contributed by atoms with Crippen LogP contribution < -0.4 is 5.32 Å². The van der Waals surface area contributed by atoms with Gasteiger partial charge in [0.25, 0.3) is 0 Å². The first-order chi connectivity index (χ1) is 9.24. The van der Waals surface area contributed by atoms with Gasteiger partial charge >= 0.3 is 0 Å². The maximum Gasteiger partial charge on any atom is 0.0328 e. The van der Waals surface area contributed by atoms with Gasteiger partial charge in [0, 0.05) is 28.9 Å². The molecule has 0 aliphatic carbocycles. The first kappa shape index (κ1) is 15.0. The Balaban J connectivity index is 1.80. The van der Waals surface area contributed by atoms with Crippen molar-refractivity contribution >= 4 is 11.3 Å². The molecule has 0 radical (unpaired) electrons. The SMILES string of the molecule is CC(C)NCc1ccc(CN2CCCCCCC2)s1. The highest BCUT2D eigenvalue weighted by Gasteiger charge is 2.10. The van der Waals surface area contributed by atoms with E-state index in [1.807, 2.05) is 11.3 Å². The summed E-state index contributed by atoms with van der Waals surface area (Å²) in [5.41, 5.74) is 0. The molecule has 2 rings (SSSR count).